The minimum atomic E-state index is -0.545. The molecule has 0 amide bonds. The van der Waals surface area contributed by atoms with E-state index in [0.717, 1.165) is 10.8 Å². The quantitative estimate of drug-likeness (QED) is 0.443. The van der Waals surface area contributed by atoms with Crippen LogP contribution in [0.4, 0.5) is 0 Å². The smallest absolute Gasteiger partial charge is 0.333 e. The van der Waals surface area contributed by atoms with Crippen molar-refractivity contribution in [3.63, 3.8) is 0 Å². The zero-order valence-electron chi connectivity index (χ0n) is 8.70. The molecular weight excluding hydrogens is 222 g/mol. The van der Waals surface area contributed by atoms with E-state index in [1.165, 1.54) is 6.20 Å². The van der Waals surface area contributed by atoms with Gasteiger partial charge in [-0.15, -0.1) is 0 Å². The van der Waals surface area contributed by atoms with E-state index in [-0.39, 0.29) is 5.56 Å². The van der Waals surface area contributed by atoms with Gasteiger partial charge in [-0.3, -0.25) is 4.79 Å². The van der Waals surface area contributed by atoms with Gasteiger partial charge >= 0.3 is 5.69 Å². The van der Waals surface area contributed by atoms with Gasteiger partial charge in [-0.1, -0.05) is 23.4 Å². The topological polar surface area (TPSA) is 87.5 Å². The highest BCUT2D eigenvalue weighted by molar-refractivity contribution is 5.77. The van der Waals surface area contributed by atoms with Crippen molar-refractivity contribution >= 4 is 6.21 Å². The minimum absolute atomic E-state index is 0.0935. The zero-order valence-corrected chi connectivity index (χ0v) is 8.70. The highest BCUT2D eigenvalue weighted by Crippen LogP contribution is 2.00. The second-order valence-corrected chi connectivity index (χ2v) is 3.27. The van der Waals surface area contributed by atoms with Gasteiger partial charge < -0.3 is 10.2 Å². The number of nitrogens with one attached hydrogen (secondary N) is 1. The van der Waals surface area contributed by atoms with Crippen LogP contribution in [0.25, 0.3) is 5.69 Å². The van der Waals surface area contributed by atoms with Gasteiger partial charge in [-0.05, 0) is 12.1 Å². The Balaban J connectivity index is 2.74. The number of benzene rings is 1. The molecule has 0 bridgehead atoms. The van der Waals surface area contributed by atoms with Crippen molar-refractivity contribution in [1.82, 2.24) is 9.55 Å². The maximum absolute atomic E-state index is 11.9. The third-order valence-corrected chi connectivity index (χ3v) is 2.22. The van der Waals surface area contributed by atoms with Crippen LogP contribution in [0.2, 0.25) is 0 Å². The molecule has 1 aromatic heterocycles. The molecule has 2 aromatic rings. The standard InChI is InChI=1S/C11H9N3O3/c15-10-8(7-13-17)6-12-11(16)14(10)9-4-2-1-3-5-9/h1-7,17H,(H,12,16). The molecule has 2 N–H and O–H groups in total. The SMILES string of the molecule is O=c1[nH]cc(C=NO)c(=O)n1-c1ccccc1. The maximum Gasteiger partial charge on any atom is 0.333 e. The van der Waals surface area contributed by atoms with Gasteiger partial charge in [0, 0.05) is 6.20 Å². The van der Waals surface area contributed by atoms with Crippen molar-refractivity contribution in [2.75, 3.05) is 0 Å². The van der Waals surface area contributed by atoms with E-state index in [1.54, 1.807) is 30.3 Å². The molecule has 1 aromatic carbocycles. The molecule has 0 unspecified atom stereocenters. The molecular formula is C11H9N3O3. The largest absolute Gasteiger partial charge is 0.411 e. The van der Waals surface area contributed by atoms with Crippen molar-refractivity contribution in [1.29, 1.82) is 0 Å². The van der Waals surface area contributed by atoms with Crippen LogP contribution in [-0.4, -0.2) is 21.0 Å². The number of nitrogens with zero attached hydrogens (tertiary/aromatic N) is 2. The molecule has 0 saturated carbocycles. The monoisotopic (exact) mass is 231 g/mol. The third kappa shape index (κ3) is 2.00. The van der Waals surface area contributed by atoms with Crippen LogP contribution in [0.3, 0.4) is 0 Å². The number of aromatic nitrogens is 2. The number of para-hydroxylation sites is 1. The number of hydrogen-bond donors (Lipinski definition) is 2. The molecule has 0 aliphatic carbocycles. The van der Waals surface area contributed by atoms with E-state index >= 15 is 0 Å². The summed E-state index contributed by atoms with van der Waals surface area (Å²) in [5.41, 5.74) is -0.545. The Kier molecular flexibility index (Phi) is 2.87. The van der Waals surface area contributed by atoms with Crippen molar-refractivity contribution < 1.29 is 5.21 Å². The lowest BCUT2D eigenvalue weighted by atomic mass is 10.3. The summed E-state index contributed by atoms with van der Waals surface area (Å²) in [6.45, 7) is 0. The van der Waals surface area contributed by atoms with E-state index < -0.39 is 11.2 Å². The molecule has 0 atom stereocenters. The summed E-state index contributed by atoms with van der Waals surface area (Å²) in [6, 6.07) is 8.48. The Labute approximate surface area is 95.5 Å². The fraction of sp³-hybridized carbons (Fsp3) is 0. The van der Waals surface area contributed by atoms with Crippen LogP contribution in [0.15, 0.2) is 51.3 Å². The Morgan fingerprint density at radius 2 is 1.94 bits per heavy atom. The second-order valence-electron chi connectivity index (χ2n) is 3.27. The molecule has 0 radical (unpaired) electrons. The molecule has 0 aliphatic rings. The number of aromatic amines is 1. The number of H-pyrrole nitrogens is 1. The lowest BCUT2D eigenvalue weighted by Gasteiger charge is -2.04. The lowest BCUT2D eigenvalue weighted by molar-refractivity contribution is 0.321. The Morgan fingerprint density at radius 1 is 1.24 bits per heavy atom. The van der Waals surface area contributed by atoms with Gasteiger partial charge in [0.1, 0.15) is 0 Å². The maximum atomic E-state index is 11.9. The van der Waals surface area contributed by atoms with Crippen LogP contribution < -0.4 is 11.2 Å². The first-order valence-electron chi connectivity index (χ1n) is 4.81. The first-order valence-corrected chi connectivity index (χ1v) is 4.81. The summed E-state index contributed by atoms with van der Waals surface area (Å²) in [7, 11) is 0. The molecule has 2 rings (SSSR count). The Bertz CT molecular complexity index is 656. The molecule has 0 aliphatic heterocycles. The third-order valence-electron chi connectivity index (χ3n) is 2.22. The van der Waals surface area contributed by atoms with Crippen molar-refractivity contribution in [2.24, 2.45) is 5.16 Å². The fourth-order valence-corrected chi connectivity index (χ4v) is 1.45. The number of oxime groups is 1. The van der Waals surface area contributed by atoms with Gasteiger partial charge in [-0.2, -0.15) is 0 Å². The number of rotatable bonds is 2. The molecule has 6 nitrogen and oxygen atoms in total. The average Bonchev–Trinajstić information content (AvgIpc) is 2.35. The van der Waals surface area contributed by atoms with E-state index in [4.69, 9.17) is 5.21 Å². The molecule has 0 fully saturated rings. The summed E-state index contributed by atoms with van der Waals surface area (Å²) in [5.74, 6) is 0. The van der Waals surface area contributed by atoms with Gasteiger partial charge in [-0.25, -0.2) is 9.36 Å². The molecule has 6 heteroatoms. The predicted octanol–water partition coefficient (Wildman–Crippen LogP) is 0.334. The summed E-state index contributed by atoms with van der Waals surface area (Å²) in [5, 5.41) is 11.2. The minimum Gasteiger partial charge on any atom is -0.411 e. The molecule has 86 valence electrons. The molecule has 0 saturated heterocycles. The van der Waals surface area contributed by atoms with E-state index in [0.29, 0.717) is 5.69 Å². The van der Waals surface area contributed by atoms with Crippen LogP contribution in [0, 0.1) is 0 Å². The highest BCUT2D eigenvalue weighted by Gasteiger charge is 2.07. The van der Waals surface area contributed by atoms with Crippen LogP contribution in [0.1, 0.15) is 5.56 Å². The van der Waals surface area contributed by atoms with Crippen LogP contribution in [0.5, 0.6) is 0 Å². The number of hydrogen-bond acceptors (Lipinski definition) is 4. The first-order chi connectivity index (χ1) is 8.24. The predicted molar refractivity (Wildman–Crippen MR) is 62.0 cm³/mol. The molecule has 17 heavy (non-hydrogen) atoms. The van der Waals surface area contributed by atoms with Crippen molar-refractivity contribution in [3.8, 4) is 5.69 Å². The van der Waals surface area contributed by atoms with Gasteiger partial charge in [0.2, 0.25) is 0 Å². The Morgan fingerprint density at radius 3 is 2.59 bits per heavy atom. The summed E-state index contributed by atoms with van der Waals surface area (Å²) in [6.07, 6.45) is 2.17. The lowest BCUT2D eigenvalue weighted by Crippen LogP contribution is -2.35. The van der Waals surface area contributed by atoms with Crippen LogP contribution in [-0.2, 0) is 0 Å². The summed E-state index contributed by atoms with van der Waals surface area (Å²) < 4.78 is 0.969. The van der Waals surface area contributed by atoms with Gasteiger partial charge in [0.05, 0.1) is 17.5 Å². The highest BCUT2D eigenvalue weighted by atomic mass is 16.4. The summed E-state index contributed by atoms with van der Waals surface area (Å²) >= 11 is 0. The van der Waals surface area contributed by atoms with E-state index in [9.17, 15) is 9.59 Å². The van der Waals surface area contributed by atoms with Crippen molar-refractivity contribution in [2.45, 2.75) is 0 Å². The van der Waals surface area contributed by atoms with Crippen LogP contribution >= 0.6 is 0 Å². The normalized spacial score (nSPS) is 10.8. The van der Waals surface area contributed by atoms with Gasteiger partial charge in [0.15, 0.2) is 0 Å². The molecule has 0 spiro atoms. The second kappa shape index (κ2) is 4.48. The van der Waals surface area contributed by atoms with Gasteiger partial charge in [0.25, 0.3) is 5.56 Å². The Hall–Kier alpha value is -2.63. The first kappa shape index (κ1) is 10.9. The fourth-order valence-electron chi connectivity index (χ4n) is 1.45. The zero-order chi connectivity index (χ0) is 12.3. The van der Waals surface area contributed by atoms with E-state index in [2.05, 4.69) is 10.1 Å². The van der Waals surface area contributed by atoms with Crippen molar-refractivity contribution in [3.05, 3.63) is 62.9 Å². The molecule has 1 heterocycles. The van der Waals surface area contributed by atoms with E-state index in [1.807, 2.05) is 0 Å². The summed E-state index contributed by atoms with van der Waals surface area (Å²) in [4.78, 5) is 25.9. The average molecular weight is 231 g/mol.